The molecule has 2 N–H and O–H groups in total. The van der Waals surface area contributed by atoms with Gasteiger partial charge in [-0.15, -0.1) is 0 Å². The maximum Gasteiger partial charge on any atom is 0.265 e. The van der Waals surface area contributed by atoms with Crippen molar-refractivity contribution in [1.29, 1.82) is 0 Å². The molecule has 3 rings (SSSR count). The minimum Gasteiger partial charge on any atom is -0.438 e. The second kappa shape index (κ2) is 3.10. The first-order chi connectivity index (χ1) is 7.74. The summed E-state index contributed by atoms with van der Waals surface area (Å²) in [5.41, 5.74) is 8.45. The number of nitrogens with two attached hydrogens (primary N) is 1. The van der Waals surface area contributed by atoms with Gasteiger partial charge in [0.25, 0.3) is 5.89 Å². The van der Waals surface area contributed by atoms with Crippen molar-refractivity contribution >= 4 is 16.8 Å². The molecule has 2 aromatic heterocycles. The van der Waals surface area contributed by atoms with E-state index in [1.54, 1.807) is 12.1 Å². The molecule has 0 spiro atoms. The van der Waals surface area contributed by atoms with Gasteiger partial charge in [0.05, 0.1) is 5.69 Å². The monoisotopic (exact) mass is 215 g/mol. The second-order valence-corrected chi connectivity index (χ2v) is 3.51. The predicted molar refractivity (Wildman–Crippen MR) is 58.7 cm³/mol. The lowest BCUT2D eigenvalue weighted by Crippen LogP contribution is -1.81. The number of hydrogen-bond acceptors (Lipinski definition) is 5. The van der Waals surface area contributed by atoms with Crippen molar-refractivity contribution < 1.29 is 8.83 Å². The Hall–Kier alpha value is -2.30. The molecule has 0 bridgehead atoms. The molecule has 0 fully saturated rings. The zero-order chi connectivity index (χ0) is 11.1. The third-order valence-electron chi connectivity index (χ3n) is 2.35. The molecule has 16 heavy (non-hydrogen) atoms. The van der Waals surface area contributed by atoms with E-state index in [9.17, 15) is 0 Å². The first-order valence-electron chi connectivity index (χ1n) is 4.80. The van der Waals surface area contributed by atoms with Crippen LogP contribution in [0.4, 0.5) is 5.69 Å². The Morgan fingerprint density at radius 1 is 1.31 bits per heavy atom. The molecule has 0 aliphatic heterocycles. The van der Waals surface area contributed by atoms with Crippen molar-refractivity contribution in [3.05, 3.63) is 30.3 Å². The van der Waals surface area contributed by atoms with Gasteiger partial charge in [0.2, 0.25) is 5.76 Å². The van der Waals surface area contributed by atoms with Crippen molar-refractivity contribution in [3.63, 3.8) is 0 Å². The summed E-state index contributed by atoms with van der Waals surface area (Å²) >= 11 is 0. The molecule has 0 radical (unpaired) electrons. The molecule has 0 aliphatic rings. The Kier molecular flexibility index (Phi) is 1.73. The molecule has 1 aromatic carbocycles. The number of fused-ring (bicyclic) bond motifs is 1. The van der Waals surface area contributed by atoms with E-state index in [0.717, 1.165) is 11.2 Å². The van der Waals surface area contributed by atoms with Crippen LogP contribution in [0.25, 0.3) is 22.8 Å². The number of hydrogen-bond donors (Lipinski definition) is 1. The number of aromatic nitrogens is 2. The van der Waals surface area contributed by atoms with Crippen LogP contribution in [0.1, 0.15) is 5.69 Å². The number of benzene rings is 1. The Morgan fingerprint density at radius 3 is 2.94 bits per heavy atom. The van der Waals surface area contributed by atoms with Crippen molar-refractivity contribution in [2.75, 3.05) is 5.73 Å². The fraction of sp³-hybridized carbons (Fsp3) is 0.0909. The third-order valence-corrected chi connectivity index (χ3v) is 2.35. The Balaban J connectivity index is 2.23. The van der Waals surface area contributed by atoms with Gasteiger partial charge in [-0.3, -0.25) is 0 Å². The summed E-state index contributed by atoms with van der Waals surface area (Å²) in [5, 5.41) is 0. The molecule has 5 nitrogen and oxygen atoms in total. The number of nitrogens with zero attached hydrogens (tertiary/aromatic N) is 2. The number of oxazole rings is 2. The van der Waals surface area contributed by atoms with E-state index in [-0.39, 0.29) is 0 Å². The van der Waals surface area contributed by atoms with Crippen LogP contribution in [-0.4, -0.2) is 9.97 Å². The zero-order valence-corrected chi connectivity index (χ0v) is 8.60. The van der Waals surface area contributed by atoms with E-state index in [2.05, 4.69) is 9.97 Å². The van der Waals surface area contributed by atoms with Gasteiger partial charge in [-0.05, 0) is 19.1 Å². The second-order valence-electron chi connectivity index (χ2n) is 3.51. The topological polar surface area (TPSA) is 78.1 Å². The molecule has 0 amide bonds. The highest BCUT2D eigenvalue weighted by Crippen LogP contribution is 2.27. The lowest BCUT2D eigenvalue weighted by Gasteiger charge is -1.89. The molecule has 0 saturated carbocycles. The quantitative estimate of drug-likeness (QED) is 0.630. The molecule has 0 saturated heterocycles. The minimum absolute atomic E-state index is 0.426. The van der Waals surface area contributed by atoms with Crippen LogP contribution in [0.3, 0.4) is 0 Å². The van der Waals surface area contributed by atoms with Gasteiger partial charge in [0.1, 0.15) is 5.52 Å². The number of anilines is 1. The normalized spacial score (nSPS) is 11.1. The summed E-state index contributed by atoms with van der Waals surface area (Å²) in [6.45, 7) is 1.84. The summed E-state index contributed by atoms with van der Waals surface area (Å²) in [4.78, 5) is 8.29. The molecule has 5 heteroatoms. The Labute approximate surface area is 90.9 Å². The van der Waals surface area contributed by atoms with Crippen molar-refractivity contribution in [1.82, 2.24) is 9.97 Å². The zero-order valence-electron chi connectivity index (χ0n) is 8.60. The van der Waals surface area contributed by atoms with Gasteiger partial charge in [-0.1, -0.05) is 0 Å². The summed E-state index contributed by atoms with van der Waals surface area (Å²) < 4.78 is 10.8. The molecule has 0 aliphatic carbocycles. The highest BCUT2D eigenvalue weighted by molar-refractivity contribution is 5.78. The lowest BCUT2D eigenvalue weighted by atomic mass is 10.3. The first kappa shape index (κ1) is 8.96. The van der Waals surface area contributed by atoms with Crippen LogP contribution in [0.5, 0.6) is 0 Å². The fourth-order valence-electron chi connectivity index (χ4n) is 1.55. The van der Waals surface area contributed by atoms with Gasteiger partial charge in [0.15, 0.2) is 12.0 Å². The highest BCUT2D eigenvalue weighted by atomic mass is 16.4. The Morgan fingerprint density at radius 2 is 2.19 bits per heavy atom. The molecule has 3 aromatic rings. The molecular weight excluding hydrogens is 206 g/mol. The number of aryl methyl sites for hydroxylation is 1. The summed E-state index contributed by atoms with van der Waals surface area (Å²) in [6, 6.07) is 5.32. The summed E-state index contributed by atoms with van der Waals surface area (Å²) in [7, 11) is 0. The molecule has 0 unspecified atom stereocenters. The first-order valence-corrected chi connectivity index (χ1v) is 4.80. The third kappa shape index (κ3) is 1.25. The standard InChI is InChI=1S/C11H9N3O2/c1-6-10(15-5-13-6)11-14-8-3-2-7(12)4-9(8)16-11/h2-5H,12H2,1H3. The van der Waals surface area contributed by atoms with Crippen molar-refractivity contribution in [3.8, 4) is 11.7 Å². The van der Waals surface area contributed by atoms with Crippen LogP contribution >= 0.6 is 0 Å². The van der Waals surface area contributed by atoms with Gasteiger partial charge >= 0.3 is 0 Å². The minimum atomic E-state index is 0.426. The number of nitrogen functional groups attached to an aromatic ring is 1. The maximum atomic E-state index is 5.66. The van der Waals surface area contributed by atoms with Crippen LogP contribution in [-0.2, 0) is 0 Å². The summed E-state index contributed by atoms with van der Waals surface area (Å²) in [5.74, 6) is 0.977. The van der Waals surface area contributed by atoms with Crippen molar-refractivity contribution in [2.24, 2.45) is 0 Å². The van der Waals surface area contributed by atoms with E-state index < -0.39 is 0 Å². The molecule has 80 valence electrons. The van der Waals surface area contributed by atoms with E-state index >= 15 is 0 Å². The van der Waals surface area contributed by atoms with E-state index in [1.807, 2.05) is 13.0 Å². The van der Waals surface area contributed by atoms with Crippen LogP contribution in [0.2, 0.25) is 0 Å². The van der Waals surface area contributed by atoms with Crippen LogP contribution < -0.4 is 5.73 Å². The van der Waals surface area contributed by atoms with E-state index in [1.165, 1.54) is 6.39 Å². The van der Waals surface area contributed by atoms with E-state index in [0.29, 0.717) is 22.9 Å². The van der Waals surface area contributed by atoms with Gasteiger partial charge in [0, 0.05) is 11.8 Å². The highest BCUT2D eigenvalue weighted by Gasteiger charge is 2.14. The maximum absolute atomic E-state index is 5.66. The van der Waals surface area contributed by atoms with E-state index in [4.69, 9.17) is 14.6 Å². The predicted octanol–water partition coefficient (Wildman–Crippen LogP) is 2.37. The Bertz CT molecular complexity index is 654. The van der Waals surface area contributed by atoms with Gasteiger partial charge in [-0.2, -0.15) is 0 Å². The van der Waals surface area contributed by atoms with Crippen LogP contribution in [0, 0.1) is 6.92 Å². The lowest BCUT2D eigenvalue weighted by molar-refractivity contribution is 0.529. The largest absolute Gasteiger partial charge is 0.438 e. The molecule has 2 heterocycles. The average Bonchev–Trinajstić information content (AvgIpc) is 2.82. The molecular formula is C11H9N3O2. The van der Waals surface area contributed by atoms with Crippen LogP contribution in [0.15, 0.2) is 33.4 Å². The fourth-order valence-corrected chi connectivity index (χ4v) is 1.55. The number of rotatable bonds is 1. The van der Waals surface area contributed by atoms with Gasteiger partial charge in [-0.25, -0.2) is 9.97 Å². The SMILES string of the molecule is Cc1ncoc1-c1nc2ccc(N)cc2o1. The average molecular weight is 215 g/mol. The van der Waals surface area contributed by atoms with Gasteiger partial charge < -0.3 is 14.6 Å². The smallest absolute Gasteiger partial charge is 0.265 e. The molecule has 0 atom stereocenters. The van der Waals surface area contributed by atoms with Crippen molar-refractivity contribution in [2.45, 2.75) is 6.92 Å². The summed E-state index contributed by atoms with van der Waals surface area (Å²) in [6.07, 6.45) is 1.37.